The Labute approximate surface area is 173 Å². The van der Waals surface area contributed by atoms with E-state index in [2.05, 4.69) is 5.32 Å². The van der Waals surface area contributed by atoms with Gasteiger partial charge < -0.3 is 20.7 Å². The number of likely N-dealkylation sites (tertiary alicyclic amines) is 1. The van der Waals surface area contributed by atoms with Gasteiger partial charge >= 0.3 is 0 Å². The second-order valence-electron chi connectivity index (χ2n) is 6.77. The van der Waals surface area contributed by atoms with Gasteiger partial charge in [0.25, 0.3) is 11.8 Å². The van der Waals surface area contributed by atoms with Crippen molar-refractivity contribution >= 4 is 35.0 Å². The molecule has 2 aromatic carbocycles. The van der Waals surface area contributed by atoms with E-state index < -0.39 is 11.8 Å². The van der Waals surface area contributed by atoms with Crippen molar-refractivity contribution < 1.29 is 19.1 Å². The lowest BCUT2D eigenvalue weighted by atomic mass is 10.1. The fraction of sp³-hybridized carbons (Fsp3) is 0.286. The van der Waals surface area contributed by atoms with E-state index in [4.69, 9.17) is 22.1 Å². The highest BCUT2D eigenvalue weighted by Crippen LogP contribution is 2.24. The summed E-state index contributed by atoms with van der Waals surface area (Å²) in [4.78, 5) is 38.2. The number of primary amides is 1. The van der Waals surface area contributed by atoms with Crippen molar-refractivity contribution in [2.75, 3.05) is 25.0 Å². The zero-order chi connectivity index (χ0) is 20.8. The third kappa shape index (κ3) is 5.48. The summed E-state index contributed by atoms with van der Waals surface area (Å²) in [5.41, 5.74) is 6.25. The van der Waals surface area contributed by atoms with E-state index in [0.717, 1.165) is 19.3 Å². The predicted molar refractivity (Wildman–Crippen MR) is 110 cm³/mol. The molecule has 3 amide bonds. The van der Waals surface area contributed by atoms with Gasteiger partial charge in [-0.1, -0.05) is 17.7 Å². The van der Waals surface area contributed by atoms with Crippen LogP contribution in [0.3, 0.4) is 0 Å². The summed E-state index contributed by atoms with van der Waals surface area (Å²) in [5.74, 6) is -0.831. The number of ether oxygens (including phenoxy) is 1. The molecule has 0 aliphatic carbocycles. The first-order chi connectivity index (χ1) is 13.9. The lowest BCUT2D eigenvalue weighted by Gasteiger charge is -2.27. The number of carbonyl (C=O) groups excluding carboxylic acids is 3. The second kappa shape index (κ2) is 9.43. The molecule has 3 rings (SSSR count). The molecule has 1 saturated heterocycles. The van der Waals surface area contributed by atoms with Gasteiger partial charge in [0.05, 0.1) is 11.3 Å². The number of hydrogen-bond acceptors (Lipinski definition) is 4. The molecule has 0 unspecified atom stereocenters. The van der Waals surface area contributed by atoms with Crippen LogP contribution in [0, 0.1) is 0 Å². The van der Waals surface area contributed by atoms with Gasteiger partial charge in [0.2, 0.25) is 5.91 Å². The maximum atomic E-state index is 12.9. The smallest absolute Gasteiger partial charge is 0.262 e. The number of nitrogens with two attached hydrogens (primary N) is 1. The van der Waals surface area contributed by atoms with Crippen molar-refractivity contribution in [1.29, 1.82) is 0 Å². The predicted octanol–water partition coefficient (Wildman–Crippen LogP) is 3.08. The molecule has 0 saturated carbocycles. The Hall–Kier alpha value is -3.06. The van der Waals surface area contributed by atoms with Crippen molar-refractivity contribution in [2.24, 2.45) is 5.73 Å². The lowest BCUT2D eigenvalue weighted by molar-refractivity contribution is -0.118. The average molecular weight is 416 g/mol. The summed E-state index contributed by atoms with van der Waals surface area (Å²) in [5, 5.41) is 3.10. The van der Waals surface area contributed by atoms with Crippen LogP contribution in [0.25, 0.3) is 0 Å². The Morgan fingerprint density at radius 2 is 1.83 bits per heavy atom. The monoisotopic (exact) mass is 415 g/mol. The summed E-state index contributed by atoms with van der Waals surface area (Å²) in [6.45, 7) is 1.11. The molecule has 152 valence electrons. The standard InChI is InChI=1S/C21H22ClN3O4/c22-15-7-8-17(21(28)25-9-2-1-3-10-25)18(12-15)24-19(26)13-29-16-6-4-5-14(11-16)20(23)27/h4-8,11-12H,1-3,9-10,13H2,(H2,23,27)(H,24,26). The molecule has 1 fully saturated rings. The molecule has 2 aromatic rings. The van der Waals surface area contributed by atoms with E-state index in [1.807, 2.05) is 0 Å². The van der Waals surface area contributed by atoms with Crippen molar-refractivity contribution in [1.82, 2.24) is 4.90 Å². The highest BCUT2D eigenvalue weighted by atomic mass is 35.5. The zero-order valence-electron chi connectivity index (χ0n) is 15.8. The molecule has 7 nitrogen and oxygen atoms in total. The van der Waals surface area contributed by atoms with Crippen LogP contribution in [0.5, 0.6) is 5.75 Å². The quantitative estimate of drug-likeness (QED) is 0.756. The van der Waals surface area contributed by atoms with Gasteiger partial charge in [0.1, 0.15) is 5.75 Å². The number of rotatable bonds is 6. The molecular weight excluding hydrogens is 394 g/mol. The van der Waals surface area contributed by atoms with Gasteiger partial charge in [0, 0.05) is 23.7 Å². The molecule has 1 aliphatic heterocycles. The van der Waals surface area contributed by atoms with Crippen molar-refractivity contribution in [3.63, 3.8) is 0 Å². The topological polar surface area (TPSA) is 102 Å². The highest BCUT2D eigenvalue weighted by Gasteiger charge is 2.22. The van der Waals surface area contributed by atoms with Gasteiger partial charge in [-0.05, 0) is 55.7 Å². The third-order valence-corrected chi connectivity index (χ3v) is 4.85. The number of amides is 3. The Kier molecular flexibility index (Phi) is 6.72. The van der Waals surface area contributed by atoms with Crippen LogP contribution in [0.15, 0.2) is 42.5 Å². The number of carbonyl (C=O) groups is 3. The van der Waals surface area contributed by atoms with E-state index >= 15 is 0 Å². The highest BCUT2D eigenvalue weighted by molar-refractivity contribution is 6.31. The lowest BCUT2D eigenvalue weighted by Crippen LogP contribution is -2.36. The van der Waals surface area contributed by atoms with Gasteiger partial charge in [0.15, 0.2) is 6.61 Å². The molecule has 0 spiro atoms. The molecule has 0 bridgehead atoms. The summed E-state index contributed by atoms with van der Waals surface area (Å²) >= 11 is 6.06. The molecule has 0 radical (unpaired) electrons. The molecule has 1 aliphatic rings. The maximum absolute atomic E-state index is 12.9. The summed E-state index contributed by atoms with van der Waals surface area (Å²) in [7, 11) is 0. The molecular formula is C21H22ClN3O4. The Balaban J connectivity index is 1.68. The molecule has 8 heteroatoms. The number of piperidine rings is 1. The number of halogens is 1. The van der Waals surface area contributed by atoms with Crippen molar-refractivity contribution in [2.45, 2.75) is 19.3 Å². The second-order valence-corrected chi connectivity index (χ2v) is 7.21. The molecule has 0 aromatic heterocycles. The Morgan fingerprint density at radius 1 is 1.07 bits per heavy atom. The van der Waals surface area contributed by atoms with Gasteiger partial charge in [-0.25, -0.2) is 0 Å². The zero-order valence-corrected chi connectivity index (χ0v) is 16.6. The number of hydrogen-bond donors (Lipinski definition) is 2. The van der Waals surface area contributed by atoms with Crippen LogP contribution in [-0.4, -0.2) is 42.3 Å². The minimum Gasteiger partial charge on any atom is -0.484 e. The van der Waals surface area contributed by atoms with Gasteiger partial charge in [-0.15, -0.1) is 0 Å². The molecule has 3 N–H and O–H groups in total. The van der Waals surface area contributed by atoms with Crippen LogP contribution in [0.2, 0.25) is 5.02 Å². The van der Waals surface area contributed by atoms with Gasteiger partial charge in [-0.2, -0.15) is 0 Å². The molecule has 0 atom stereocenters. The number of benzene rings is 2. The minimum absolute atomic E-state index is 0.133. The number of nitrogens with zero attached hydrogens (tertiary/aromatic N) is 1. The molecule has 1 heterocycles. The summed E-state index contributed by atoms with van der Waals surface area (Å²) < 4.78 is 5.43. The fourth-order valence-corrected chi connectivity index (χ4v) is 3.32. The first kappa shape index (κ1) is 20.7. The number of nitrogens with one attached hydrogen (secondary N) is 1. The summed E-state index contributed by atoms with van der Waals surface area (Å²) in [6, 6.07) is 11.0. The van der Waals surface area contributed by atoms with Crippen LogP contribution in [0.4, 0.5) is 5.69 Å². The first-order valence-electron chi connectivity index (χ1n) is 9.35. The van der Waals surface area contributed by atoms with Crippen LogP contribution in [-0.2, 0) is 4.79 Å². The Morgan fingerprint density at radius 3 is 2.55 bits per heavy atom. The minimum atomic E-state index is -0.584. The number of anilines is 1. The van der Waals surface area contributed by atoms with Crippen molar-refractivity contribution in [3.05, 3.63) is 58.6 Å². The van der Waals surface area contributed by atoms with Crippen LogP contribution in [0.1, 0.15) is 40.0 Å². The third-order valence-electron chi connectivity index (χ3n) is 4.62. The van der Waals surface area contributed by atoms with E-state index in [9.17, 15) is 14.4 Å². The van der Waals surface area contributed by atoms with Crippen LogP contribution >= 0.6 is 11.6 Å². The SMILES string of the molecule is NC(=O)c1cccc(OCC(=O)Nc2cc(Cl)ccc2C(=O)N2CCCCC2)c1. The largest absolute Gasteiger partial charge is 0.484 e. The Bertz CT molecular complexity index is 926. The van der Waals surface area contributed by atoms with Crippen LogP contribution < -0.4 is 15.8 Å². The first-order valence-corrected chi connectivity index (χ1v) is 9.73. The van der Waals surface area contributed by atoms with Crippen molar-refractivity contribution in [3.8, 4) is 5.75 Å². The van der Waals surface area contributed by atoms with E-state index in [0.29, 0.717) is 35.1 Å². The van der Waals surface area contributed by atoms with E-state index in [1.165, 1.54) is 6.07 Å². The molecule has 29 heavy (non-hydrogen) atoms. The van der Waals surface area contributed by atoms with E-state index in [-0.39, 0.29) is 18.1 Å². The fourth-order valence-electron chi connectivity index (χ4n) is 3.15. The maximum Gasteiger partial charge on any atom is 0.262 e. The van der Waals surface area contributed by atoms with Gasteiger partial charge in [-0.3, -0.25) is 14.4 Å². The van der Waals surface area contributed by atoms with E-state index in [1.54, 1.807) is 41.3 Å². The summed E-state index contributed by atoms with van der Waals surface area (Å²) in [6.07, 6.45) is 3.06. The average Bonchev–Trinajstić information content (AvgIpc) is 2.73. The normalized spacial score (nSPS) is 13.6.